The minimum Gasteiger partial charge on any atom is -0.444 e. The maximum atomic E-state index is 12.5. The van der Waals surface area contributed by atoms with Crippen LogP contribution in [-0.4, -0.2) is 36.2 Å². The fraction of sp³-hybridized carbons (Fsp3) is 0.875. The van der Waals surface area contributed by atoms with Gasteiger partial charge in [0.05, 0.1) is 12.1 Å². The zero-order valence-corrected chi connectivity index (χ0v) is 14.1. The molecule has 122 valence electrons. The van der Waals surface area contributed by atoms with Crippen molar-refractivity contribution in [3.8, 4) is 0 Å². The Hall–Kier alpha value is -1.10. The fourth-order valence-corrected chi connectivity index (χ4v) is 2.30. The first-order valence-corrected chi connectivity index (χ1v) is 7.64. The highest BCUT2D eigenvalue weighted by molar-refractivity contribution is 5.91. The van der Waals surface area contributed by atoms with Crippen LogP contribution in [0, 0.1) is 5.41 Å². The quantitative estimate of drug-likeness (QED) is 0.866. The number of hydrogen-bond acceptors (Lipinski definition) is 4. The van der Waals surface area contributed by atoms with Crippen molar-refractivity contribution in [2.24, 2.45) is 5.41 Å². The Morgan fingerprint density at radius 2 is 1.86 bits per heavy atom. The van der Waals surface area contributed by atoms with Gasteiger partial charge in [-0.2, -0.15) is 0 Å². The first-order chi connectivity index (χ1) is 9.49. The Kier molecular flexibility index (Phi) is 5.79. The summed E-state index contributed by atoms with van der Waals surface area (Å²) < 4.78 is 10.8. The lowest BCUT2D eigenvalue weighted by molar-refractivity contribution is -0.129. The van der Waals surface area contributed by atoms with Crippen molar-refractivity contribution >= 4 is 11.9 Å². The normalized spacial score (nSPS) is 21.0. The Labute approximate surface area is 127 Å². The third-order valence-corrected chi connectivity index (χ3v) is 3.27. The van der Waals surface area contributed by atoms with Crippen molar-refractivity contribution < 1.29 is 19.1 Å². The van der Waals surface area contributed by atoms with Gasteiger partial charge < -0.3 is 14.8 Å². The second kappa shape index (κ2) is 6.77. The molecule has 1 saturated heterocycles. The van der Waals surface area contributed by atoms with E-state index in [1.165, 1.54) is 0 Å². The molecule has 5 nitrogen and oxygen atoms in total. The number of ketones is 1. The Balaban J connectivity index is 2.71. The molecule has 0 aromatic rings. The molecule has 0 aromatic carbocycles. The van der Waals surface area contributed by atoms with E-state index in [-0.39, 0.29) is 11.9 Å². The molecule has 1 rings (SSSR count). The maximum Gasteiger partial charge on any atom is 0.408 e. The molecule has 1 aliphatic heterocycles. The van der Waals surface area contributed by atoms with E-state index < -0.39 is 23.2 Å². The highest BCUT2D eigenvalue weighted by Crippen LogP contribution is 2.23. The van der Waals surface area contributed by atoms with Gasteiger partial charge in [0.2, 0.25) is 0 Å². The van der Waals surface area contributed by atoms with Gasteiger partial charge in [-0.3, -0.25) is 4.79 Å². The van der Waals surface area contributed by atoms with Gasteiger partial charge in [-0.15, -0.1) is 0 Å². The van der Waals surface area contributed by atoms with Gasteiger partial charge in [-0.25, -0.2) is 4.79 Å². The number of ether oxygens (including phenoxy) is 2. The molecule has 0 aromatic heterocycles. The van der Waals surface area contributed by atoms with Crippen LogP contribution in [-0.2, 0) is 14.3 Å². The van der Waals surface area contributed by atoms with Crippen molar-refractivity contribution in [1.82, 2.24) is 5.32 Å². The molecule has 0 radical (unpaired) electrons. The lowest BCUT2D eigenvalue weighted by Gasteiger charge is -2.28. The fourth-order valence-electron chi connectivity index (χ4n) is 2.30. The molecule has 1 amide bonds. The zero-order chi connectivity index (χ0) is 16.3. The van der Waals surface area contributed by atoms with Gasteiger partial charge in [0.25, 0.3) is 0 Å². The molecule has 0 saturated carbocycles. The minimum absolute atomic E-state index is 0.00357. The summed E-state index contributed by atoms with van der Waals surface area (Å²) >= 11 is 0. The van der Waals surface area contributed by atoms with E-state index >= 15 is 0 Å². The van der Waals surface area contributed by atoms with Crippen LogP contribution in [0.1, 0.15) is 60.8 Å². The SMILES string of the molecule is CC(C)(C)OC(=O)N[C@@H](C[C@@H]1CCCO1)C(=O)C(C)(C)C. The number of rotatable bonds is 4. The standard InChI is InChI=1S/C16H29NO4/c1-15(2,3)13(18)12(10-11-8-7-9-20-11)17-14(19)21-16(4,5)6/h11-12H,7-10H2,1-6H3,(H,17,19)/t11-,12-/m0/s1. The van der Waals surface area contributed by atoms with E-state index in [2.05, 4.69) is 5.32 Å². The van der Waals surface area contributed by atoms with Crippen LogP contribution in [0.15, 0.2) is 0 Å². The van der Waals surface area contributed by atoms with Crippen LogP contribution in [0.5, 0.6) is 0 Å². The highest BCUT2D eigenvalue weighted by Gasteiger charge is 2.34. The van der Waals surface area contributed by atoms with Gasteiger partial charge in [0.15, 0.2) is 5.78 Å². The predicted octanol–water partition coefficient (Wildman–Crippen LogP) is 3.06. The van der Waals surface area contributed by atoms with Crippen molar-refractivity contribution in [3.63, 3.8) is 0 Å². The van der Waals surface area contributed by atoms with Crippen LogP contribution in [0.2, 0.25) is 0 Å². The molecule has 0 unspecified atom stereocenters. The van der Waals surface area contributed by atoms with E-state index in [1.807, 2.05) is 20.8 Å². The number of Topliss-reactive ketones (excluding diaryl/α,β-unsaturated/α-hetero) is 1. The second-order valence-electron chi connectivity index (χ2n) is 7.68. The predicted molar refractivity (Wildman–Crippen MR) is 81.2 cm³/mol. The molecule has 0 spiro atoms. The van der Waals surface area contributed by atoms with E-state index in [0.29, 0.717) is 6.42 Å². The largest absolute Gasteiger partial charge is 0.444 e. The number of amides is 1. The summed E-state index contributed by atoms with van der Waals surface area (Å²) in [4.78, 5) is 24.5. The molecule has 1 fully saturated rings. The van der Waals surface area contributed by atoms with Crippen molar-refractivity contribution in [3.05, 3.63) is 0 Å². The van der Waals surface area contributed by atoms with Gasteiger partial charge in [-0.05, 0) is 33.6 Å². The van der Waals surface area contributed by atoms with Gasteiger partial charge in [-0.1, -0.05) is 20.8 Å². The molecule has 0 aliphatic carbocycles. The number of carbonyl (C=O) groups excluding carboxylic acids is 2. The second-order valence-corrected chi connectivity index (χ2v) is 7.68. The summed E-state index contributed by atoms with van der Waals surface area (Å²) in [6.45, 7) is 11.7. The van der Waals surface area contributed by atoms with Crippen LogP contribution in [0.25, 0.3) is 0 Å². The zero-order valence-electron chi connectivity index (χ0n) is 14.1. The molecule has 5 heteroatoms. The first kappa shape index (κ1) is 18.0. The molecule has 21 heavy (non-hydrogen) atoms. The van der Waals surface area contributed by atoms with Crippen molar-refractivity contribution in [2.45, 2.75) is 78.6 Å². The first-order valence-electron chi connectivity index (χ1n) is 7.64. The van der Waals surface area contributed by atoms with E-state index in [1.54, 1.807) is 20.8 Å². The summed E-state index contributed by atoms with van der Waals surface area (Å²) in [5.41, 5.74) is -1.10. The average molecular weight is 299 g/mol. The molecule has 1 aliphatic rings. The molecule has 2 atom stereocenters. The summed E-state index contributed by atoms with van der Waals surface area (Å²) in [6, 6.07) is -0.567. The Morgan fingerprint density at radius 3 is 2.29 bits per heavy atom. The minimum atomic E-state index is -0.580. The Bertz CT molecular complexity index is 373. The average Bonchev–Trinajstić information content (AvgIpc) is 2.76. The summed E-state index contributed by atoms with van der Waals surface area (Å²) in [5, 5.41) is 2.72. The van der Waals surface area contributed by atoms with Crippen LogP contribution in [0.3, 0.4) is 0 Å². The Morgan fingerprint density at radius 1 is 1.24 bits per heavy atom. The monoisotopic (exact) mass is 299 g/mol. The third-order valence-electron chi connectivity index (χ3n) is 3.27. The molecule has 1 heterocycles. The van der Waals surface area contributed by atoms with Gasteiger partial charge in [0.1, 0.15) is 5.60 Å². The number of alkyl carbamates (subject to hydrolysis) is 1. The van der Waals surface area contributed by atoms with Gasteiger partial charge >= 0.3 is 6.09 Å². The number of hydrogen-bond donors (Lipinski definition) is 1. The van der Waals surface area contributed by atoms with Crippen LogP contribution in [0.4, 0.5) is 4.79 Å². The molecule has 1 N–H and O–H groups in total. The van der Waals surface area contributed by atoms with Crippen LogP contribution < -0.4 is 5.32 Å². The molecular formula is C16H29NO4. The van der Waals surface area contributed by atoms with Crippen molar-refractivity contribution in [2.75, 3.05) is 6.61 Å². The van der Waals surface area contributed by atoms with Crippen molar-refractivity contribution in [1.29, 1.82) is 0 Å². The smallest absolute Gasteiger partial charge is 0.408 e. The lowest BCUT2D eigenvalue weighted by Crippen LogP contribution is -2.48. The van der Waals surface area contributed by atoms with E-state index in [4.69, 9.17) is 9.47 Å². The molecule has 0 bridgehead atoms. The van der Waals surface area contributed by atoms with Crippen LogP contribution >= 0.6 is 0 Å². The van der Waals surface area contributed by atoms with E-state index in [9.17, 15) is 9.59 Å². The lowest BCUT2D eigenvalue weighted by atomic mass is 9.84. The topological polar surface area (TPSA) is 64.6 Å². The maximum absolute atomic E-state index is 12.5. The third kappa shape index (κ3) is 6.46. The number of carbonyl (C=O) groups is 2. The van der Waals surface area contributed by atoms with Gasteiger partial charge in [0, 0.05) is 18.4 Å². The molecular weight excluding hydrogens is 270 g/mol. The summed E-state index contributed by atoms with van der Waals surface area (Å²) in [5.74, 6) is 0.00357. The van der Waals surface area contributed by atoms with E-state index in [0.717, 1.165) is 19.4 Å². The summed E-state index contributed by atoms with van der Waals surface area (Å²) in [6.07, 6.45) is 1.94. The summed E-state index contributed by atoms with van der Waals surface area (Å²) in [7, 11) is 0. The highest BCUT2D eigenvalue weighted by atomic mass is 16.6. The number of nitrogens with one attached hydrogen (secondary N) is 1.